The summed E-state index contributed by atoms with van der Waals surface area (Å²) in [5.74, 6) is 0.383. The molecule has 110 valence electrons. The number of hydrogen-bond acceptors (Lipinski definition) is 2. The lowest BCUT2D eigenvalue weighted by atomic mass is 9.91. The molecule has 0 spiro atoms. The second kappa shape index (κ2) is 5.86. The Morgan fingerprint density at radius 2 is 1.81 bits per heavy atom. The van der Waals surface area contributed by atoms with Gasteiger partial charge in [-0.1, -0.05) is 36.4 Å². The summed E-state index contributed by atoms with van der Waals surface area (Å²) in [6, 6.07) is 13.6. The van der Waals surface area contributed by atoms with Gasteiger partial charge in [0.05, 0.1) is 7.11 Å². The molecule has 3 heteroatoms. The van der Waals surface area contributed by atoms with Crippen LogP contribution in [0, 0.1) is 11.7 Å². The molecule has 0 amide bonds. The monoisotopic (exact) mass is 285 g/mol. The lowest BCUT2D eigenvalue weighted by Crippen LogP contribution is -2.33. The number of methoxy groups -OCH3 is 1. The van der Waals surface area contributed by atoms with Crippen LogP contribution in [-0.4, -0.2) is 13.2 Å². The minimum Gasteiger partial charge on any atom is -0.494 e. The molecule has 2 aromatic carbocycles. The van der Waals surface area contributed by atoms with Crippen LogP contribution in [0.4, 0.5) is 4.39 Å². The molecule has 0 bridgehead atoms. The molecule has 2 N–H and O–H groups in total. The van der Waals surface area contributed by atoms with E-state index in [0.29, 0.717) is 17.9 Å². The smallest absolute Gasteiger partial charge is 0.168 e. The Bertz CT molecular complexity index is 616. The van der Waals surface area contributed by atoms with Crippen molar-refractivity contribution < 1.29 is 9.13 Å². The maximum Gasteiger partial charge on any atom is 0.168 e. The Hall–Kier alpha value is -1.87. The number of fused-ring (bicyclic) bond motifs is 1. The molecule has 0 aromatic heterocycles. The zero-order valence-corrected chi connectivity index (χ0v) is 12.2. The number of nitrogens with two attached hydrogens (primary N) is 1. The maximum atomic E-state index is 14.2. The van der Waals surface area contributed by atoms with Crippen molar-refractivity contribution in [1.82, 2.24) is 0 Å². The third-order valence-corrected chi connectivity index (χ3v) is 4.41. The van der Waals surface area contributed by atoms with Crippen molar-refractivity contribution >= 4 is 0 Å². The highest BCUT2D eigenvalue weighted by Gasteiger charge is 2.27. The zero-order valence-electron chi connectivity index (χ0n) is 12.2. The van der Waals surface area contributed by atoms with Gasteiger partial charge in [-0.05, 0) is 47.9 Å². The van der Waals surface area contributed by atoms with Gasteiger partial charge in [0.25, 0.3) is 0 Å². The van der Waals surface area contributed by atoms with Gasteiger partial charge in [-0.15, -0.1) is 0 Å². The van der Waals surface area contributed by atoms with E-state index in [9.17, 15) is 4.39 Å². The molecule has 0 heterocycles. The Labute approximate surface area is 124 Å². The van der Waals surface area contributed by atoms with Crippen molar-refractivity contribution in [2.75, 3.05) is 7.11 Å². The van der Waals surface area contributed by atoms with Crippen molar-refractivity contribution in [3.63, 3.8) is 0 Å². The van der Waals surface area contributed by atoms with Crippen LogP contribution in [-0.2, 0) is 19.3 Å². The molecule has 0 aliphatic heterocycles. The molecule has 0 saturated carbocycles. The van der Waals surface area contributed by atoms with Crippen molar-refractivity contribution in [1.29, 1.82) is 0 Å². The summed E-state index contributed by atoms with van der Waals surface area (Å²) in [6.07, 6.45) is 2.52. The van der Waals surface area contributed by atoms with Gasteiger partial charge < -0.3 is 10.5 Å². The average molecular weight is 285 g/mol. The molecule has 21 heavy (non-hydrogen) atoms. The highest BCUT2D eigenvalue weighted by molar-refractivity contribution is 5.34. The van der Waals surface area contributed by atoms with E-state index in [1.165, 1.54) is 18.2 Å². The second-order valence-corrected chi connectivity index (χ2v) is 5.74. The number of hydrogen-bond donors (Lipinski definition) is 1. The van der Waals surface area contributed by atoms with Crippen LogP contribution in [0.15, 0.2) is 42.5 Å². The van der Waals surface area contributed by atoms with Crippen LogP contribution in [0.5, 0.6) is 5.75 Å². The first-order chi connectivity index (χ1) is 10.2. The molecule has 1 aliphatic rings. The van der Waals surface area contributed by atoms with Gasteiger partial charge in [0.15, 0.2) is 11.6 Å². The van der Waals surface area contributed by atoms with E-state index in [2.05, 4.69) is 24.3 Å². The predicted octanol–water partition coefficient (Wildman–Crippen LogP) is 3.12. The molecule has 0 fully saturated rings. The van der Waals surface area contributed by atoms with Crippen LogP contribution in [0.25, 0.3) is 0 Å². The Kier molecular flexibility index (Phi) is 3.93. The van der Waals surface area contributed by atoms with E-state index in [4.69, 9.17) is 10.5 Å². The van der Waals surface area contributed by atoms with Gasteiger partial charge in [0.1, 0.15) is 0 Å². The van der Waals surface area contributed by atoms with Crippen LogP contribution in [0.1, 0.15) is 16.7 Å². The number of benzene rings is 2. The number of halogens is 1. The lowest BCUT2D eigenvalue weighted by Gasteiger charge is -2.19. The fraction of sp³-hybridized carbons (Fsp3) is 0.333. The van der Waals surface area contributed by atoms with E-state index >= 15 is 0 Å². The fourth-order valence-electron chi connectivity index (χ4n) is 3.19. The largest absolute Gasteiger partial charge is 0.494 e. The fourth-order valence-corrected chi connectivity index (χ4v) is 3.19. The first-order valence-corrected chi connectivity index (χ1v) is 7.32. The second-order valence-electron chi connectivity index (χ2n) is 5.74. The Morgan fingerprint density at radius 1 is 1.14 bits per heavy atom. The minimum absolute atomic E-state index is 0.0426. The number of ether oxygens (including phenoxy) is 1. The van der Waals surface area contributed by atoms with Gasteiger partial charge in [-0.2, -0.15) is 0 Å². The molecular formula is C18H20FNO. The zero-order chi connectivity index (χ0) is 14.8. The summed E-state index contributed by atoms with van der Waals surface area (Å²) < 4.78 is 19.2. The summed E-state index contributed by atoms with van der Waals surface area (Å²) in [5, 5.41) is 0. The summed E-state index contributed by atoms with van der Waals surface area (Å²) in [6.45, 7) is 0. The van der Waals surface area contributed by atoms with Crippen molar-refractivity contribution in [2.24, 2.45) is 11.7 Å². The van der Waals surface area contributed by atoms with Crippen LogP contribution >= 0.6 is 0 Å². The summed E-state index contributed by atoms with van der Waals surface area (Å²) in [5.41, 5.74) is 9.74. The SMILES string of the molecule is COc1cccc(CC(N)C2Cc3ccccc3C2)c1F. The van der Waals surface area contributed by atoms with Gasteiger partial charge >= 0.3 is 0 Å². The van der Waals surface area contributed by atoms with Crippen molar-refractivity contribution in [3.05, 3.63) is 65.0 Å². The highest BCUT2D eigenvalue weighted by Crippen LogP contribution is 2.30. The van der Waals surface area contributed by atoms with Crippen molar-refractivity contribution in [2.45, 2.75) is 25.3 Å². The van der Waals surface area contributed by atoms with Crippen LogP contribution in [0.2, 0.25) is 0 Å². The standard InChI is InChI=1S/C18H20FNO/c1-21-17-8-4-7-14(18(17)19)11-16(20)15-9-12-5-2-3-6-13(12)10-15/h2-8,15-16H,9-11,20H2,1H3. The third kappa shape index (κ3) is 2.79. The molecule has 1 atom stereocenters. The van der Waals surface area contributed by atoms with Gasteiger partial charge in [-0.25, -0.2) is 4.39 Å². The first kappa shape index (κ1) is 14.1. The van der Waals surface area contributed by atoms with Crippen LogP contribution in [0.3, 0.4) is 0 Å². The Morgan fingerprint density at radius 3 is 2.43 bits per heavy atom. The Balaban J connectivity index is 1.72. The third-order valence-electron chi connectivity index (χ3n) is 4.41. The highest BCUT2D eigenvalue weighted by atomic mass is 19.1. The van der Waals surface area contributed by atoms with E-state index < -0.39 is 0 Å². The maximum absolute atomic E-state index is 14.2. The summed E-state index contributed by atoms with van der Waals surface area (Å²) in [4.78, 5) is 0. The number of rotatable bonds is 4. The van der Waals surface area contributed by atoms with Gasteiger partial charge in [0.2, 0.25) is 0 Å². The van der Waals surface area contributed by atoms with Crippen LogP contribution < -0.4 is 10.5 Å². The van der Waals surface area contributed by atoms with Crippen molar-refractivity contribution in [3.8, 4) is 5.75 Å². The van der Waals surface area contributed by atoms with E-state index in [1.807, 2.05) is 6.07 Å². The van der Waals surface area contributed by atoms with E-state index in [0.717, 1.165) is 12.8 Å². The molecular weight excluding hydrogens is 265 g/mol. The lowest BCUT2D eigenvalue weighted by molar-refractivity contribution is 0.379. The predicted molar refractivity (Wildman–Crippen MR) is 82.0 cm³/mol. The molecule has 2 nitrogen and oxygen atoms in total. The molecule has 1 unspecified atom stereocenters. The molecule has 0 saturated heterocycles. The molecule has 3 rings (SSSR count). The minimum atomic E-state index is -0.286. The van der Waals surface area contributed by atoms with E-state index in [-0.39, 0.29) is 17.6 Å². The van der Waals surface area contributed by atoms with E-state index in [1.54, 1.807) is 12.1 Å². The molecule has 2 aromatic rings. The first-order valence-electron chi connectivity index (χ1n) is 7.32. The molecule has 0 radical (unpaired) electrons. The average Bonchev–Trinajstić information content (AvgIpc) is 2.93. The molecule has 1 aliphatic carbocycles. The van der Waals surface area contributed by atoms with Gasteiger partial charge in [0, 0.05) is 6.04 Å². The quantitative estimate of drug-likeness (QED) is 0.936. The summed E-state index contributed by atoms with van der Waals surface area (Å²) in [7, 11) is 1.48. The topological polar surface area (TPSA) is 35.2 Å². The normalized spacial score (nSPS) is 15.8. The summed E-state index contributed by atoms with van der Waals surface area (Å²) >= 11 is 0. The van der Waals surface area contributed by atoms with Gasteiger partial charge in [-0.3, -0.25) is 0 Å².